The van der Waals surface area contributed by atoms with E-state index in [0.29, 0.717) is 0 Å². The van der Waals surface area contributed by atoms with Crippen molar-refractivity contribution in [3.63, 3.8) is 0 Å². The molecule has 0 spiro atoms. The molecule has 1 nitrogen and oxygen atoms in total. The van der Waals surface area contributed by atoms with Gasteiger partial charge in [0.05, 0.1) is 11.4 Å². The molecule has 0 unspecified atom stereocenters. The first kappa shape index (κ1) is 15.8. The molecule has 1 aromatic heterocycles. The minimum atomic E-state index is 0.727. The van der Waals surface area contributed by atoms with Crippen molar-refractivity contribution in [3.05, 3.63) is 69.3 Å². The molecule has 0 aliphatic rings. The zero-order valence-electron chi connectivity index (χ0n) is 11.9. The number of hydrogen-bond donors (Lipinski definition) is 0. The molecule has 0 saturated carbocycles. The van der Waals surface area contributed by atoms with Crippen LogP contribution >= 0.6 is 46.0 Å². The first-order valence-electron chi connectivity index (χ1n) is 6.73. The van der Waals surface area contributed by atoms with Crippen molar-refractivity contribution in [1.29, 1.82) is 0 Å². The van der Waals surface area contributed by atoms with Gasteiger partial charge in [0.25, 0.3) is 0 Å². The number of benzene rings is 2. The van der Waals surface area contributed by atoms with Gasteiger partial charge < -0.3 is 0 Å². The van der Waals surface area contributed by atoms with Gasteiger partial charge in [0.2, 0.25) is 0 Å². The predicted octanol–water partition coefficient (Wildman–Crippen LogP) is 6.40. The van der Waals surface area contributed by atoms with E-state index in [9.17, 15) is 0 Å². The van der Waals surface area contributed by atoms with Crippen LogP contribution in [0.5, 0.6) is 0 Å². The molecule has 0 radical (unpaired) electrons. The summed E-state index contributed by atoms with van der Waals surface area (Å²) in [4.78, 5) is 6.01. The summed E-state index contributed by atoms with van der Waals surface area (Å²) in [6, 6.07) is 20.5. The van der Waals surface area contributed by atoms with Gasteiger partial charge >= 0.3 is 0 Å². The maximum atomic E-state index is 6.11. The van der Waals surface area contributed by atoms with E-state index in [0.717, 1.165) is 27.5 Å². The maximum Gasteiger partial charge on any atom is 0.0721 e. The van der Waals surface area contributed by atoms with Crippen LogP contribution in [-0.2, 0) is 0 Å². The Hall–Kier alpha value is -1.04. The summed E-state index contributed by atoms with van der Waals surface area (Å²) < 4.78 is 1.22. The number of hydrogen-bond acceptors (Lipinski definition) is 2. The van der Waals surface area contributed by atoms with Crippen LogP contribution in [0.2, 0.25) is 5.02 Å². The summed E-state index contributed by atoms with van der Waals surface area (Å²) in [5.74, 6) is 0. The molecule has 0 bridgehead atoms. The molecule has 0 aliphatic carbocycles. The molecule has 1 heterocycles. The highest BCUT2D eigenvalue weighted by molar-refractivity contribution is 14.1. The van der Waals surface area contributed by atoms with Crippen molar-refractivity contribution in [2.45, 2.75) is 4.90 Å². The van der Waals surface area contributed by atoms with Gasteiger partial charge in [-0.15, -0.1) is 11.8 Å². The number of aromatic nitrogens is 1. The Labute approximate surface area is 153 Å². The molecule has 0 fully saturated rings. The summed E-state index contributed by atoms with van der Waals surface area (Å²) >= 11 is 10.1. The minimum absolute atomic E-state index is 0.727. The second kappa shape index (κ2) is 7.02. The van der Waals surface area contributed by atoms with Crippen LogP contribution in [0.15, 0.2) is 65.6 Å². The average molecular weight is 438 g/mol. The van der Waals surface area contributed by atoms with Crippen molar-refractivity contribution < 1.29 is 0 Å². The zero-order valence-corrected chi connectivity index (χ0v) is 15.6. The molecule has 3 aromatic rings. The number of thioether (sulfide) groups is 1. The van der Waals surface area contributed by atoms with Gasteiger partial charge in [0.1, 0.15) is 0 Å². The van der Waals surface area contributed by atoms with Gasteiger partial charge in [-0.1, -0.05) is 35.9 Å². The van der Waals surface area contributed by atoms with E-state index in [1.54, 1.807) is 11.8 Å². The lowest BCUT2D eigenvalue weighted by Crippen LogP contribution is -1.90. The molecule has 4 heteroatoms. The van der Waals surface area contributed by atoms with E-state index in [-0.39, 0.29) is 0 Å². The van der Waals surface area contributed by atoms with Gasteiger partial charge in [-0.3, -0.25) is 0 Å². The molecule has 0 atom stereocenters. The SMILES string of the molecule is CSc1cc(-c2ccc(I)cc2)nc(-c2cccc(Cl)c2)c1. The van der Waals surface area contributed by atoms with Gasteiger partial charge in [0, 0.05) is 24.6 Å². The molecule has 0 aliphatic heterocycles. The Morgan fingerprint density at radius 1 is 0.909 bits per heavy atom. The fraction of sp³-hybridized carbons (Fsp3) is 0.0556. The fourth-order valence-electron chi connectivity index (χ4n) is 2.19. The van der Waals surface area contributed by atoms with Crippen molar-refractivity contribution in [3.8, 4) is 22.5 Å². The summed E-state index contributed by atoms with van der Waals surface area (Å²) in [6.45, 7) is 0. The summed E-state index contributed by atoms with van der Waals surface area (Å²) in [5, 5.41) is 0.727. The first-order chi connectivity index (χ1) is 10.7. The van der Waals surface area contributed by atoms with Crippen molar-refractivity contribution in [2.24, 2.45) is 0 Å². The second-order valence-corrected chi connectivity index (χ2v) is 7.36. The lowest BCUT2D eigenvalue weighted by molar-refractivity contribution is 1.27. The van der Waals surface area contributed by atoms with E-state index in [1.807, 2.05) is 24.3 Å². The van der Waals surface area contributed by atoms with Crippen LogP contribution in [0.4, 0.5) is 0 Å². The van der Waals surface area contributed by atoms with Crippen LogP contribution in [0, 0.1) is 3.57 Å². The Balaban J connectivity index is 2.12. The largest absolute Gasteiger partial charge is 0.248 e. The van der Waals surface area contributed by atoms with Crippen LogP contribution in [-0.4, -0.2) is 11.2 Å². The third-order valence-electron chi connectivity index (χ3n) is 3.29. The maximum absolute atomic E-state index is 6.11. The Kier molecular flexibility index (Phi) is 5.06. The molecular formula is C18H13ClINS. The van der Waals surface area contributed by atoms with Crippen LogP contribution in [0.3, 0.4) is 0 Å². The molecular weight excluding hydrogens is 425 g/mol. The highest BCUT2D eigenvalue weighted by atomic mass is 127. The number of pyridine rings is 1. The number of nitrogens with zero attached hydrogens (tertiary/aromatic N) is 1. The van der Waals surface area contributed by atoms with Gasteiger partial charge in [-0.2, -0.15) is 0 Å². The molecule has 2 aromatic carbocycles. The van der Waals surface area contributed by atoms with E-state index in [4.69, 9.17) is 16.6 Å². The standard InChI is InChI=1S/C18H13ClINS/c1-22-16-10-17(12-5-7-15(20)8-6-12)21-18(11-16)13-3-2-4-14(19)9-13/h2-11H,1H3. The first-order valence-corrected chi connectivity index (χ1v) is 9.42. The van der Waals surface area contributed by atoms with Crippen LogP contribution in [0.25, 0.3) is 22.5 Å². The van der Waals surface area contributed by atoms with Crippen molar-refractivity contribution in [2.75, 3.05) is 6.26 Å². The Morgan fingerprint density at radius 3 is 2.23 bits per heavy atom. The molecule has 3 rings (SSSR count). The summed E-state index contributed by atoms with van der Waals surface area (Å²) in [7, 11) is 0. The topological polar surface area (TPSA) is 12.9 Å². The van der Waals surface area contributed by atoms with Gasteiger partial charge in [-0.25, -0.2) is 4.98 Å². The molecule has 0 saturated heterocycles. The van der Waals surface area contributed by atoms with E-state index in [1.165, 1.54) is 8.47 Å². The second-order valence-electron chi connectivity index (χ2n) is 4.79. The highest BCUT2D eigenvalue weighted by Crippen LogP contribution is 2.29. The van der Waals surface area contributed by atoms with Crippen LogP contribution in [0.1, 0.15) is 0 Å². The van der Waals surface area contributed by atoms with E-state index < -0.39 is 0 Å². The summed E-state index contributed by atoms with van der Waals surface area (Å²) in [6.07, 6.45) is 2.08. The number of rotatable bonds is 3. The smallest absolute Gasteiger partial charge is 0.0721 e. The molecule has 22 heavy (non-hydrogen) atoms. The average Bonchev–Trinajstić information content (AvgIpc) is 2.55. The molecule has 110 valence electrons. The van der Waals surface area contributed by atoms with E-state index in [2.05, 4.69) is 65.2 Å². The van der Waals surface area contributed by atoms with Crippen molar-refractivity contribution >= 4 is 46.0 Å². The summed E-state index contributed by atoms with van der Waals surface area (Å²) in [5.41, 5.74) is 4.09. The highest BCUT2D eigenvalue weighted by Gasteiger charge is 2.07. The molecule has 0 N–H and O–H groups in total. The van der Waals surface area contributed by atoms with E-state index >= 15 is 0 Å². The minimum Gasteiger partial charge on any atom is -0.248 e. The molecule has 0 amide bonds. The Morgan fingerprint density at radius 2 is 1.59 bits per heavy atom. The van der Waals surface area contributed by atoms with Gasteiger partial charge in [0.15, 0.2) is 0 Å². The third kappa shape index (κ3) is 3.65. The predicted molar refractivity (Wildman–Crippen MR) is 105 cm³/mol. The third-order valence-corrected chi connectivity index (χ3v) is 4.96. The fourth-order valence-corrected chi connectivity index (χ4v) is 3.20. The number of halogens is 2. The lowest BCUT2D eigenvalue weighted by atomic mass is 10.1. The normalized spacial score (nSPS) is 10.7. The van der Waals surface area contributed by atoms with Crippen molar-refractivity contribution in [1.82, 2.24) is 4.98 Å². The zero-order chi connectivity index (χ0) is 15.5. The van der Waals surface area contributed by atoms with Gasteiger partial charge in [-0.05, 0) is 65.2 Å². The Bertz CT molecular complexity index is 802. The van der Waals surface area contributed by atoms with Crippen LogP contribution < -0.4 is 0 Å². The quantitative estimate of drug-likeness (QED) is 0.347. The monoisotopic (exact) mass is 437 g/mol. The lowest BCUT2D eigenvalue weighted by Gasteiger charge is -2.09.